The Bertz CT molecular complexity index is 811. The Morgan fingerprint density at radius 1 is 1.33 bits per heavy atom. The van der Waals surface area contributed by atoms with Crippen LogP contribution in [0.2, 0.25) is 5.02 Å². The van der Waals surface area contributed by atoms with E-state index in [4.69, 9.17) is 16.1 Å². The molecule has 0 amide bonds. The summed E-state index contributed by atoms with van der Waals surface area (Å²) in [4.78, 5) is 11.6. The number of rotatable bonds is 6. The fourth-order valence-electron chi connectivity index (χ4n) is 2.28. The lowest BCUT2D eigenvalue weighted by Crippen LogP contribution is -2.31. The Morgan fingerprint density at radius 2 is 1.96 bits per heavy atom. The maximum atomic E-state index is 12.7. The van der Waals surface area contributed by atoms with Crippen LogP contribution in [0.5, 0.6) is 0 Å². The molecule has 0 bridgehead atoms. The molecule has 1 heterocycles. The van der Waals surface area contributed by atoms with E-state index in [9.17, 15) is 13.2 Å². The minimum atomic E-state index is -3.94. The molecule has 0 saturated carbocycles. The number of halogens is 1. The first kappa shape index (κ1) is 18.4. The van der Waals surface area contributed by atoms with E-state index < -0.39 is 22.0 Å². The normalized spacial score (nSPS) is 12.8. The quantitative estimate of drug-likeness (QED) is 0.782. The zero-order valence-corrected chi connectivity index (χ0v) is 14.9. The molecule has 9 heteroatoms. The van der Waals surface area contributed by atoms with Gasteiger partial charge < -0.3 is 9.26 Å². The first-order chi connectivity index (χ1) is 11.2. The number of benzene rings is 1. The van der Waals surface area contributed by atoms with E-state index in [0.29, 0.717) is 10.6 Å². The van der Waals surface area contributed by atoms with Gasteiger partial charge in [-0.2, -0.15) is 0 Å². The van der Waals surface area contributed by atoms with Gasteiger partial charge in [0.2, 0.25) is 10.0 Å². The predicted molar refractivity (Wildman–Crippen MR) is 87.1 cm³/mol. The fourth-order valence-corrected chi connectivity index (χ4v) is 3.96. The number of esters is 1. The molecule has 130 valence electrons. The van der Waals surface area contributed by atoms with Crippen molar-refractivity contribution in [1.29, 1.82) is 0 Å². The van der Waals surface area contributed by atoms with E-state index in [1.54, 1.807) is 24.3 Å². The van der Waals surface area contributed by atoms with Crippen LogP contribution in [0.1, 0.15) is 29.5 Å². The van der Waals surface area contributed by atoms with Gasteiger partial charge in [0.25, 0.3) is 0 Å². The summed E-state index contributed by atoms with van der Waals surface area (Å²) < 4.78 is 37.4. The molecule has 1 N–H and O–H groups in total. The maximum Gasteiger partial charge on any atom is 0.307 e. The lowest BCUT2D eigenvalue weighted by Gasteiger charge is -2.18. The van der Waals surface area contributed by atoms with Crippen molar-refractivity contribution < 1.29 is 22.5 Å². The van der Waals surface area contributed by atoms with Gasteiger partial charge in [0, 0.05) is 5.02 Å². The number of ether oxygens (including phenoxy) is 1. The summed E-state index contributed by atoms with van der Waals surface area (Å²) in [5.74, 6) is -0.371. The topological polar surface area (TPSA) is 98.5 Å². The lowest BCUT2D eigenvalue weighted by atomic mass is 10.1. The maximum absolute atomic E-state index is 12.7. The van der Waals surface area contributed by atoms with Gasteiger partial charge in [-0.15, -0.1) is 0 Å². The number of aryl methyl sites for hydroxylation is 2. The summed E-state index contributed by atoms with van der Waals surface area (Å²) in [7, 11) is -2.70. The molecule has 0 fully saturated rings. The van der Waals surface area contributed by atoms with Crippen LogP contribution in [-0.2, 0) is 19.6 Å². The van der Waals surface area contributed by atoms with Gasteiger partial charge in [0.1, 0.15) is 10.6 Å². The highest BCUT2D eigenvalue weighted by Crippen LogP contribution is 2.25. The van der Waals surface area contributed by atoms with E-state index in [1.165, 1.54) is 21.0 Å². The van der Waals surface area contributed by atoms with Crippen molar-refractivity contribution in [2.45, 2.75) is 31.2 Å². The third-order valence-corrected chi connectivity index (χ3v) is 5.37. The molecular formula is C15H17ClN2O5S. The number of hydrogen-bond donors (Lipinski definition) is 1. The molecule has 1 aromatic carbocycles. The van der Waals surface area contributed by atoms with E-state index >= 15 is 0 Å². The van der Waals surface area contributed by atoms with Crippen LogP contribution in [0.25, 0.3) is 0 Å². The number of carbonyl (C=O) groups excluding carboxylic acids is 1. The number of nitrogens with zero attached hydrogens (tertiary/aromatic N) is 1. The van der Waals surface area contributed by atoms with Crippen LogP contribution in [0.15, 0.2) is 33.7 Å². The van der Waals surface area contributed by atoms with Crippen LogP contribution in [0, 0.1) is 13.8 Å². The zero-order valence-electron chi connectivity index (χ0n) is 13.4. The van der Waals surface area contributed by atoms with E-state index in [2.05, 4.69) is 14.6 Å². The minimum Gasteiger partial charge on any atom is -0.469 e. The Hall–Kier alpha value is -1.90. The first-order valence-corrected chi connectivity index (χ1v) is 8.88. The second-order valence-electron chi connectivity index (χ2n) is 5.16. The average molecular weight is 373 g/mol. The number of methoxy groups -OCH3 is 1. The summed E-state index contributed by atoms with van der Waals surface area (Å²) in [6.45, 7) is 3.04. The molecule has 0 spiro atoms. The monoisotopic (exact) mass is 372 g/mol. The van der Waals surface area contributed by atoms with Crippen LogP contribution in [-0.4, -0.2) is 26.7 Å². The summed E-state index contributed by atoms with van der Waals surface area (Å²) in [5.41, 5.74) is 0.827. The summed E-state index contributed by atoms with van der Waals surface area (Å²) in [5, 5.41) is 4.15. The predicted octanol–water partition coefficient (Wildman–Crippen LogP) is 2.53. The third kappa shape index (κ3) is 4.14. The SMILES string of the molecule is COC(=O)CC(NS(=O)(=O)c1c(C)noc1C)c1ccc(Cl)cc1. The van der Waals surface area contributed by atoms with E-state index in [-0.39, 0.29) is 22.8 Å². The Kier molecular flexibility index (Phi) is 5.63. The van der Waals surface area contributed by atoms with Gasteiger partial charge in [0.05, 0.1) is 19.6 Å². The molecule has 2 rings (SSSR count). The molecule has 1 atom stereocenters. The molecule has 0 aliphatic heterocycles. The van der Waals surface area contributed by atoms with Crippen LogP contribution in [0.4, 0.5) is 0 Å². The molecule has 2 aromatic rings. The first-order valence-electron chi connectivity index (χ1n) is 7.02. The largest absolute Gasteiger partial charge is 0.469 e. The van der Waals surface area contributed by atoms with E-state index in [0.717, 1.165) is 0 Å². The molecule has 7 nitrogen and oxygen atoms in total. The number of hydrogen-bond acceptors (Lipinski definition) is 6. The van der Waals surface area contributed by atoms with Crippen LogP contribution in [0.3, 0.4) is 0 Å². The second-order valence-corrected chi connectivity index (χ2v) is 7.25. The number of carbonyl (C=O) groups is 1. The molecule has 0 aliphatic rings. The van der Waals surface area contributed by atoms with Crippen molar-refractivity contribution in [3.8, 4) is 0 Å². The van der Waals surface area contributed by atoms with Crippen LogP contribution >= 0.6 is 11.6 Å². The van der Waals surface area contributed by atoms with Gasteiger partial charge in [-0.3, -0.25) is 4.79 Å². The number of nitrogens with one attached hydrogen (secondary N) is 1. The van der Waals surface area contributed by atoms with Crippen molar-refractivity contribution in [2.24, 2.45) is 0 Å². The molecular weight excluding hydrogens is 356 g/mol. The molecule has 1 aromatic heterocycles. The summed E-state index contributed by atoms with van der Waals surface area (Å²) in [6, 6.07) is 5.71. The Balaban J connectivity index is 2.37. The highest BCUT2D eigenvalue weighted by Gasteiger charge is 2.29. The lowest BCUT2D eigenvalue weighted by molar-refractivity contribution is -0.141. The summed E-state index contributed by atoms with van der Waals surface area (Å²) >= 11 is 5.85. The Labute approximate surface area is 145 Å². The molecule has 1 unspecified atom stereocenters. The van der Waals surface area contributed by atoms with Gasteiger partial charge in [-0.25, -0.2) is 13.1 Å². The average Bonchev–Trinajstić information content (AvgIpc) is 2.86. The van der Waals surface area contributed by atoms with Crippen molar-refractivity contribution >= 4 is 27.6 Å². The van der Waals surface area contributed by atoms with Crippen LogP contribution < -0.4 is 4.72 Å². The van der Waals surface area contributed by atoms with Gasteiger partial charge in [-0.1, -0.05) is 28.9 Å². The van der Waals surface area contributed by atoms with Gasteiger partial charge in [-0.05, 0) is 31.5 Å². The minimum absolute atomic E-state index is 0.0358. The number of aromatic nitrogens is 1. The molecule has 0 aliphatic carbocycles. The van der Waals surface area contributed by atoms with Crippen molar-refractivity contribution in [1.82, 2.24) is 9.88 Å². The third-order valence-electron chi connectivity index (χ3n) is 3.40. The van der Waals surface area contributed by atoms with Gasteiger partial charge in [0.15, 0.2) is 5.76 Å². The highest BCUT2D eigenvalue weighted by atomic mass is 35.5. The second kappa shape index (κ2) is 7.33. The molecule has 0 saturated heterocycles. The molecule has 0 radical (unpaired) electrons. The van der Waals surface area contributed by atoms with E-state index in [1.807, 2.05) is 0 Å². The van der Waals surface area contributed by atoms with Crippen molar-refractivity contribution in [2.75, 3.05) is 7.11 Å². The highest BCUT2D eigenvalue weighted by molar-refractivity contribution is 7.89. The standard InChI is InChI=1S/C15H17ClN2O5S/c1-9-15(10(2)23-17-9)24(20,21)18-13(8-14(19)22-3)11-4-6-12(16)7-5-11/h4-7,13,18H,8H2,1-3H3. The molecule has 24 heavy (non-hydrogen) atoms. The van der Waals surface area contributed by atoms with Crippen molar-refractivity contribution in [3.63, 3.8) is 0 Å². The fraction of sp³-hybridized carbons (Fsp3) is 0.333. The van der Waals surface area contributed by atoms with Gasteiger partial charge >= 0.3 is 5.97 Å². The zero-order chi connectivity index (χ0) is 17.9. The van der Waals surface area contributed by atoms with Crippen molar-refractivity contribution in [3.05, 3.63) is 46.3 Å². The smallest absolute Gasteiger partial charge is 0.307 e. The summed E-state index contributed by atoms with van der Waals surface area (Å²) in [6.07, 6.45) is -0.166. The number of sulfonamides is 1. The Morgan fingerprint density at radius 3 is 2.46 bits per heavy atom.